The molecule has 7 heteroatoms. The lowest BCUT2D eigenvalue weighted by Crippen LogP contribution is -2.41. The van der Waals surface area contributed by atoms with Crippen LogP contribution in [-0.4, -0.2) is 24.1 Å². The summed E-state index contributed by atoms with van der Waals surface area (Å²) >= 11 is 0. The van der Waals surface area contributed by atoms with Gasteiger partial charge in [-0.3, -0.25) is 9.59 Å². The maximum absolute atomic E-state index is 12.9. The lowest BCUT2D eigenvalue weighted by Gasteiger charge is -2.10. The van der Waals surface area contributed by atoms with Crippen molar-refractivity contribution in [2.24, 2.45) is 5.10 Å². The summed E-state index contributed by atoms with van der Waals surface area (Å²) in [6.45, 7) is 3.97. The summed E-state index contributed by atoms with van der Waals surface area (Å²) in [5.74, 6) is -1.33. The Balaban J connectivity index is 1.94. The van der Waals surface area contributed by atoms with Crippen LogP contribution in [0.1, 0.15) is 31.4 Å². The van der Waals surface area contributed by atoms with Crippen LogP contribution < -0.4 is 15.5 Å². The number of nitrogens with zero attached hydrogens (tertiary/aromatic N) is 1. The van der Waals surface area contributed by atoms with E-state index in [1.54, 1.807) is 36.4 Å². The molecule has 0 saturated carbocycles. The predicted molar refractivity (Wildman–Crippen MR) is 101 cm³/mol. The molecule has 2 N–H and O–H groups in total. The van der Waals surface area contributed by atoms with Crippen molar-refractivity contribution in [1.29, 1.82) is 0 Å². The Morgan fingerprint density at radius 3 is 2.56 bits per heavy atom. The molecule has 0 aliphatic carbocycles. The number of ether oxygens (including phenoxy) is 1. The molecule has 2 aromatic carbocycles. The highest BCUT2D eigenvalue weighted by Gasteiger charge is 2.14. The van der Waals surface area contributed by atoms with E-state index in [-0.39, 0.29) is 18.5 Å². The monoisotopic (exact) mass is 371 g/mol. The zero-order chi connectivity index (χ0) is 19.6. The molecule has 142 valence electrons. The summed E-state index contributed by atoms with van der Waals surface area (Å²) in [5.41, 5.74) is 3.63. The molecule has 6 nitrogen and oxygen atoms in total. The van der Waals surface area contributed by atoms with Crippen molar-refractivity contribution in [3.05, 3.63) is 65.5 Å². The second-order valence-corrected chi connectivity index (χ2v) is 5.93. The van der Waals surface area contributed by atoms with Crippen LogP contribution in [0.5, 0.6) is 5.75 Å². The van der Waals surface area contributed by atoms with Gasteiger partial charge < -0.3 is 10.1 Å². The highest BCUT2D eigenvalue weighted by Crippen LogP contribution is 2.17. The molecule has 2 rings (SSSR count). The van der Waals surface area contributed by atoms with Gasteiger partial charge in [-0.05, 0) is 43.2 Å². The molecule has 0 spiro atoms. The number of rotatable bonds is 7. The Morgan fingerprint density at radius 1 is 1.15 bits per heavy atom. The molecule has 0 fully saturated rings. The molecule has 2 aromatic rings. The Hall–Kier alpha value is -3.22. The topological polar surface area (TPSA) is 79.8 Å². The van der Waals surface area contributed by atoms with Gasteiger partial charge in [0.15, 0.2) is 0 Å². The number of hydrazone groups is 1. The highest BCUT2D eigenvalue weighted by molar-refractivity contribution is 6.35. The molecule has 0 heterocycles. The van der Waals surface area contributed by atoms with E-state index in [9.17, 15) is 14.0 Å². The van der Waals surface area contributed by atoms with Crippen LogP contribution in [-0.2, 0) is 16.2 Å². The number of carbonyl (C=O) groups excluding carboxylic acids is 2. The van der Waals surface area contributed by atoms with Crippen LogP contribution in [0, 0.1) is 5.82 Å². The van der Waals surface area contributed by atoms with Gasteiger partial charge in [-0.25, -0.2) is 9.82 Å². The van der Waals surface area contributed by atoms with Crippen LogP contribution in [0.3, 0.4) is 0 Å². The first-order valence-electron chi connectivity index (χ1n) is 8.59. The molecule has 0 saturated heterocycles. The molecule has 27 heavy (non-hydrogen) atoms. The largest absolute Gasteiger partial charge is 0.488 e. The van der Waals surface area contributed by atoms with Crippen LogP contribution >= 0.6 is 0 Å². The van der Waals surface area contributed by atoms with Crippen LogP contribution in [0.15, 0.2) is 53.6 Å². The van der Waals surface area contributed by atoms with Crippen molar-refractivity contribution in [3.63, 3.8) is 0 Å². The van der Waals surface area contributed by atoms with E-state index in [2.05, 4.69) is 15.8 Å². The minimum absolute atomic E-state index is 0.0900. The normalized spacial score (nSPS) is 11.8. The maximum atomic E-state index is 12.9. The van der Waals surface area contributed by atoms with Gasteiger partial charge >= 0.3 is 11.8 Å². The molecule has 0 aromatic heterocycles. The molecule has 0 bridgehead atoms. The van der Waals surface area contributed by atoms with Gasteiger partial charge in [-0.2, -0.15) is 5.10 Å². The number of hydrogen-bond acceptors (Lipinski definition) is 4. The number of para-hydroxylation sites is 1. The quantitative estimate of drug-likeness (QED) is 0.446. The van der Waals surface area contributed by atoms with E-state index < -0.39 is 11.8 Å². The number of carbonyl (C=O) groups is 2. The van der Waals surface area contributed by atoms with Crippen LogP contribution in [0.2, 0.25) is 0 Å². The van der Waals surface area contributed by atoms with Crippen LogP contribution in [0.4, 0.5) is 4.39 Å². The van der Waals surface area contributed by atoms with E-state index in [0.717, 1.165) is 12.0 Å². The SMILES string of the molecule is CC[C@H](C)NC(=O)C(=O)N/N=C\c1ccccc1OCc1ccc(F)cc1. The summed E-state index contributed by atoms with van der Waals surface area (Å²) in [6, 6.07) is 13.0. The van der Waals surface area contributed by atoms with Crippen molar-refractivity contribution in [2.75, 3.05) is 0 Å². The fraction of sp³-hybridized carbons (Fsp3) is 0.250. The molecular weight excluding hydrogens is 349 g/mol. The van der Waals surface area contributed by atoms with Crippen molar-refractivity contribution in [2.45, 2.75) is 32.9 Å². The third-order valence-electron chi connectivity index (χ3n) is 3.79. The smallest absolute Gasteiger partial charge is 0.329 e. The highest BCUT2D eigenvalue weighted by atomic mass is 19.1. The number of hydrogen-bond donors (Lipinski definition) is 2. The van der Waals surface area contributed by atoms with E-state index in [1.165, 1.54) is 18.3 Å². The van der Waals surface area contributed by atoms with Crippen LogP contribution in [0.25, 0.3) is 0 Å². The fourth-order valence-corrected chi connectivity index (χ4v) is 2.06. The number of halogens is 1. The van der Waals surface area contributed by atoms with Crippen molar-refractivity contribution >= 4 is 18.0 Å². The first kappa shape index (κ1) is 20.1. The summed E-state index contributed by atoms with van der Waals surface area (Å²) in [6.07, 6.45) is 2.12. The average molecular weight is 371 g/mol. The van der Waals surface area contributed by atoms with Gasteiger partial charge in [-0.15, -0.1) is 0 Å². The Labute approximate surface area is 157 Å². The summed E-state index contributed by atoms with van der Waals surface area (Å²) in [5, 5.41) is 6.36. The maximum Gasteiger partial charge on any atom is 0.329 e. The standard InChI is InChI=1S/C20H22FN3O3/c1-3-14(2)23-19(25)20(26)24-22-12-16-6-4-5-7-18(16)27-13-15-8-10-17(21)11-9-15/h4-12,14H,3,13H2,1-2H3,(H,23,25)(H,24,26)/b22-12-/t14-/m0/s1. The van der Waals surface area contributed by atoms with Gasteiger partial charge in [0.05, 0.1) is 6.21 Å². The van der Waals surface area contributed by atoms with E-state index >= 15 is 0 Å². The second-order valence-electron chi connectivity index (χ2n) is 5.93. The third kappa shape index (κ3) is 6.54. The lowest BCUT2D eigenvalue weighted by atomic mass is 10.2. The van der Waals surface area contributed by atoms with E-state index in [4.69, 9.17) is 4.74 Å². The number of amides is 2. The molecule has 0 aliphatic rings. The Kier molecular flexibility index (Phi) is 7.49. The molecule has 1 atom stereocenters. The zero-order valence-corrected chi connectivity index (χ0v) is 15.2. The zero-order valence-electron chi connectivity index (χ0n) is 15.2. The van der Waals surface area contributed by atoms with Gasteiger partial charge in [-0.1, -0.05) is 31.2 Å². The van der Waals surface area contributed by atoms with E-state index in [1.807, 2.05) is 13.8 Å². The molecule has 0 unspecified atom stereocenters. The van der Waals surface area contributed by atoms with Gasteiger partial charge in [0.2, 0.25) is 0 Å². The number of nitrogens with one attached hydrogen (secondary N) is 2. The number of benzene rings is 2. The minimum atomic E-state index is -0.837. The molecule has 0 radical (unpaired) electrons. The van der Waals surface area contributed by atoms with Gasteiger partial charge in [0, 0.05) is 11.6 Å². The molecule has 0 aliphatic heterocycles. The fourth-order valence-electron chi connectivity index (χ4n) is 2.06. The van der Waals surface area contributed by atoms with Crippen molar-refractivity contribution < 1.29 is 18.7 Å². The summed E-state index contributed by atoms with van der Waals surface area (Å²) < 4.78 is 18.7. The second kappa shape index (κ2) is 10.1. The first-order valence-corrected chi connectivity index (χ1v) is 8.59. The average Bonchev–Trinajstić information content (AvgIpc) is 2.68. The van der Waals surface area contributed by atoms with Gasteiger partial charge in [0.25, 0.3) is 0 Å². The van der Waals surface area contributed by atoms with Crippen molar-refractivity contribution in [3.8, 4) is 5.75 Å². The molecular formula is C20H22FN3O3. The lowest BCUT2D eigenvalue weighted by molar-refractivity contribution is -0.139. The Morgan fingerprint density at radius 2 is 1.85 bits per heavy atom. The minimum Gasteiger partial charge on any atom is -0.488 e. The molecule has 2 amide bonds. The predicted octanol–water partition coefficient (Wildman–Crippen LogP) is 2.77. The first-order chi connectivity index (χ1) is 13.0. The third-order valence-corrected chi connectivity index (χ3v) is 3.79. The Bertz CT molecular complexity index is 806. The van der Waals surface area contributed by atoms with E-state index in [0.29, 0.717) is 11.3 Å². The summed E-state index contributed by atoms with van der Waals surface area (Å²) in [4.78, 5) is 23.4. The summed E-state index contributed by atoms with van der Waals surface area (Å²) in [7, 11) is 0. The van der Waals surface area contributed by atoms with Crippen molar-refractivity contribution in [1.82, 2.24) is 10.7 Å². The van der Waals surface area contributed by atoms with Gasteiger partial charge in [0.1, 0.15) is 18.2 Å².